The number of nitrogens with zero attached hydrogens (tertiary/aromatic N) is 1. The van der Waals surface area contributed by atoms with Crippen LogP contribution in [-0.4, -0.2) is 15.9 Å². The highest BCUT2D eigenvalue weighted by Crippen LogP contribution is 2.24. The second kappa shape index (κ2) is 5.28. The average Bonchev–Trinajstić information content (AvgIpc) is 3.20. The highest BCUT2D eigenvalue weighted by molar-refractivity contribution is 5.97. The van der Waals surface area contributed by atoms with E-state index in [4.69, 9.17) is 4.42 Å². The molecule has 2 heterocycles. The molecule has 0 aliphatic rings. The van der Waals surface area contributed by atoms with Crippen molar-refractivity contribution in [1.82, 2.24) is 15.3 Å². The highest BCUT2D eigenvalue weighted by Gasteiger charge is 2.15. The number of H-pyrrole nitrogens is 1. The van der Waals surface area contributed by atoms with Crippen molar-refractivity contribution in [2.45, 2.75) is 13.0 Å². The fourth-order valence-electron chi connectivity index (χ4n) is 2.64. The number of rotatable bonds is 3. The number of amides is 1. The van der Waals surface area contributed by atoms with Crippen molar-refractivity contribution in [2.75, 3.05) is 0 Å². The Morgan fingerprint density at radius 2 is 2.09 bits per heavy atom. The predicted octanol–water partition coefficient (Wildman–Crippen LogP) is 3.80. The third kappa shape index (κ3) is 2.46. The number of furan rings is 1. The van der Waals surface area contributed by atoms with Gasteiger partial charge in [-0.2, -0.15) is 0 Å². The molecule has 1 amide bonds. The number of aromatic amines is 1. The first-order valence-corrected chi connectivity index (χ1v) is 7.43. The maximum Gasteiger partial charge on any atom is 0.251 e. The summed E-state index contributed by atoms with van der Waals surface area (Å²) in [6.07, 6.45) is 1.61. The van der Waals surface area contributed by atoms with Crippen molar-refractivity contribution in [1.29, 1.82) is 0 Å². The summed E-state index contributed by atoms with van der Waals surface area (Å²) in [6, 6.07) is 14.9. The lowest BCUT2D eigenvalue weighted by atomic mass is 10.1. The summed E-state index contributed by atoms with van der Waals surface area (Å²) in [7, 11) is 0. The van der Waals surface area contributed by atoms with Crippen LogP contribution in [0.25, 0.3) is 22.0 Å². The van der Waals surface area contributed by atoms with E-state index in [1.807, 2.05) is 43.3 Å². The largest absolute Gasteiger partial charge is 0.459 e. The molecule has 0 aliphatic heterocycles. The monoisotopic (exact) mass is 305 g/mol. The quantitative estimate of drug-likeness (QED) is 0.605. The molecule has 23 heavy (non-hydrogen) atoms. The van der Waals surface area contributed by atoms with Crippen molar-refractivity contribution in [3.63, 3.8) is 0 Å². The number of carbonyl (C=O) groups excluding carboxylic acids is 1. The van der Waals surface area contributed by atoms with Crippen LogP contribution in [-0.2, 0) is 0 Å². The molecule has 2 N–H and O–H groups in total. The van der Waals surface area contributed by atoms with Gasteiger partial charge in [-0.3, -0.25) is 4.79 Å². The standard InChI is InChI=1S/C18H15N3O2/c1-11(17-9-12-4-2-3-5-16(12)23-17)21-18(22)13-6-7-14-15(8-13)20-10-19-14/h2-11H,1H3,(H,19,20)(H,21,22)/t11-/m0/s1. The minimum Gasteiger partial charge on any atom is -0.459 e. The Bertz CT molecular complexity index is 967. The van der Waals surface area contributed by atoms with E-state index in [0.29, 0.717) is 5.56 Å². The molecule has 5 nitrogen and oxygen atoms in total. The SMILES string of the molecule is C[C@H](NC(=O)c1ccc2nc[nH]c2c1)c1cc2ccccc2o1. The van der Waals surface area contributed by atoms with E-state index in [1.165, 1.54) is 0 Å². The summed E-state index contributed by atoms with van der Waals surface area (Å²) in [6.45, 7) is 1.91. The zero-order valence-electron chi connectivity index (χ0n) is 12.5. The summed E-state index contributed by atoms with van der Waals surface area (Å²) in [5, 5.41) is 3.99. The van der Waals surface area contributed by atoms with E-state index >= 15 is 0 Å². The van der Waals surface area contributed by atoms with Gasteiger partial charge in [0.05, 0.1) is 23.4 Å². The molecular weight excluding hydrogens is 290 g/mol. The van der Waals surface area contributed by atoms with Gasteiger partial charge in [0.25, 0.3) is 5.91 Å². The molecule has 0 bridgehead atoms. The number of benzene rings is 2. The van der Waals surface area contributed by atoms with E-state index in [2.05, 4.69) is 15.3 Å². The maximum atomic E-state index is 12.4. The normalized spacial score (nSPS) is 12.6. The van der Waals surface area contributed by atoms with Gasteiger partial charge in [-0.25, -0.2) is 4.98 Å². The lowest BCUT2D eigenvalue weighted by Gasteiger charge is -2.11. The summed E-state index contributed by atoms with van der Waals surface area (Å²) in [5.74, 6) is 0.594. The summed E-state index contributed by atoms with van der Waals surface area (Å²) in [4.78, 5) is 19.6. The van der Waals surface area contributed by atoms with Gasteiger partial charge >= 0.3 is 0 Å². The molecule has 2 aromatic heterocycles. The first kappa shape index (κ1) is 13.6. The second-order valence-corrected chi connectivity index (χ2v) is 5.52. The Morgan fingerprint density at radius 1 is 1.22 bits per heavy atom. The van der Waals surface area contributed by atoms with Crippen molar-refractivity contribution >= 4 is 27.9 Å². The van der Waals surface area contributed by atoms with Crippen LogP contribution >= 0.6 is 0 Å². The first-order chi connectivity index (χ1) is 11.2. The molecule has 0 radical (unpaired) electrons. The minimum absolute atomic E-state index is 0.144. The lowest BCUT2D eigenvalue weighted by molar-refractivity contribution is 0.0936. The number of fused-ring (bicyclic) bond motifs is 2. The van der Waals surface area contributed by atoms with Crippen LogP contribution in [0.4, 0.5) is 0 Å². The molecule has 0 aliphatic carbocycles. The van der Waals surface area contributed by atoms with Crippen LogP contribution in [0.2, 0.25) is 0 Å². The fourth-order valence-corrected chi connectivity index (χ4v) is 2.64. The number of hydrogen-bond acceptors (Lipinski definition) is 3. The van der Waals surface area contributed by atoms with Crippen LogP contribution in [0.5, 0.6) is 0 Å². The molecule has 0 saturated heterocycles. The molecule has 4 rings (SSSR count). The van der Waals surface area contributed by atoms with E-state index in [0.717, 1.165) is 27.8 Å². The Hall–Kier alpha value is -3.08. The Kier molecular flexibility index (Phi) is 3.12. The fraction of sp³-hybridized carbons (Fsp3) is 0.111. The van der Waals surface area contributed by atoms with Crippen molar-refractivity contribution in [2.24, 2.45) is 0 Å². The molecule has 4 aromatic rings. The van der Waals surface area contributed by atoms with Crippen LogP contribution in [0.15, 0.2) is 59.3 Å². The van der Waals surface area contributed by atoms with E-state index in [-0.39, 0.29) is 11.9 Å². The number of carbonyl (C=O) groups is 1. The van der Waals surface area contributed by atoms with Crippen LogP contribution in [0.1, 0.15) is 29.1 Å². The summed E-state index contributed by atoms with van der Waals surface area (Å²) in [5.41, 5.74) is 3.09. The van der Waals surface area contributed by atoms with Gasteiger partial charge in [0.2, 0.25) is 0 Å². The van der Waals surface area contributed by atoms with E-state index in [1.54, 1.807) is 18.5 Å². The van der Waals surface area contributed by atoms with Gasteiger partial charge in [0, 0.05) is 10.9 Å². The Balaban J connectivity index is 1.57. The molecule has 1 atom stereocenters. The number of nitrogens with one attached hydrogen (secondary N) is 2. The predicted molar refractivity (Wildman–Crippen MR) is 88.2 cm³/mol. The summed E-state index contributed by atoms with van der Waals surface area (Å²) >= 11 is 0. The lowest BCUT2D eigenvalue weighted by Crippen LogP contribution is -2.26. The van der Waals surface area contributed by atoms with Crippen molar-refractivity contribution < 1.29 is 9.21 Å². The van der Waals surface area contributed by atoms with Gasteiger partial charge in [-0.15, -0.1) is 0 Å². The molecule has 0 fully saturated rings. The second-order valence-electron chi connectivity index (χ2n) is 5.52. The Morgan fingerprint density at radius 3 is 2.96 bits per heavy atom. The third-order valence-corrected chi connectivity index (χ3v) is 3.90. The smallest absolute Gasteiger partial charge is 0.251 e. The molecule has 0 unspecified atom stereocenters. The van der Waals surface area contributed by atoms with Crippen LogP contribution < -0.4 is 5.32 Å². The highest BCUT2D eigenvalue weighted by atomic mass is 16.3. The average molecular weight is 305 g/mol. The topological polar surface area (TPSA) is 70.9 Å². The number of imidazole rings is 1. The van der Waals surface area contributed by atoms with E-state index < -0.39 is 0 Å². The molecule has 114 valence electrons. The van der Waals surface area contributed by atoms with Crippen molar-refractivity contribution in [3.05, 3.63) is 66.2 Å². The maximum absolute atomic E-state index is 12.4. The minimum atomic E-state index is -0.215. The van der Waals surface area contributed by atoms with Gasteiger partial charge in [-0.05, 0) is 37.3 Å². The number of para-hydroxylation sites is 1. The first-order valence-electron chi connectivity index (χ1n) is 7.43. The molecule has 0 saturated carbocycles. The Labute approximate surface area is 132 Å². The van der Waals surface area contributed by atoms with Gasteiger partial charge in [0.1, 0.15) is 11.3 Å². The van der Waals surface area contributed by atoms with Crippen LogP contribution in [0.3, 0.4) is 0 Å². The van der Waals surface area contributed by atoms with Crippen molar-refractivity contribution in [3.8, 4) is 0 Å². The van der Waals surface area contributed by atoms with Gasteiger partial charge < -0.3 is 14.7 Å². The van der Waals surface area contributed by atoms with Gasteiger partial charge in [0.15, 0.2) is 0 Å². The zero-order valence-corrected chi connectivity index (χ0v) is 12.5. The molecular formula is C18H15N3O2. The third-order valence-electron chi connectivity index (χ3n) is 3.90. The molecule has 5 heteroatoms. The van der Waals surface area contributed by atoms with Gasteiger partial charge in [-0.1, -0.05) is 18.2 Å². The number of aromatic nitrogens is 2. The molecule has 2 aromatic carbocycles. The number of hydrogen-bond donors (Lipinski definition) is 2. The zero-order chi connectivity index (χ0) is 15.8. The molecule has 0 spiro atoms. The van der Waals surface area contributed by atoms with Crippen LogP contribution in [0, 0.1) is 0 Å². The van der Waals surface area contributed by atoms with E-state index in [9.17, 15) is 4.79 Å². The summed E-state index contributed by atoms with van der Waals surface area (Å²) < 4.78 is 5.79.